The van der Waals surface area contributed by atoms with Gasteiger partial charge in [-0.25, -0.2) is 21.0 Å². The molecule has 0 amide bonds. The predicted octanol–water partition coefficient (Wildman–Crippen LogP) is -4.58. The van der Waals surface area contributed by atoms with Crippen LogP contribution >= 0.6 is 0 Å². The Morgan fingerprint density at radius 1 is 0.944 bits per heavy atom. The van der Waals surface area contributed by atoms with Gasteiger partial charge >= 0.3 is 69.5 Å². The van der Waals surface area contributed by atoms with E-state index in [4.69, 9.17) is 10.3 Å². The molecule has 3 rings (SSSR count). The van der Waals surface area contributed by atoms with Gasteiger partial charge in [-0.1, -0.05) is 30.0 Å². The summed E-state index contributed by atoms with van der Waals surface area (Å²) in [5.41, 5.74) is 5.49. The maximum absolute atomic E-state index is 12.6. The fourth-order valence-electron chi connectivity index (χ4n) is 2.92. The van der Waals surface area contributed by atoms with Gasteiger partial charge in [0.15, 0.2) is 9.84 Å². The van der Waals surface area contributed by atoms with Gasteiger partial charge in [-0.3, -0.25) is 4.55 Å². The molecule has 3 aromatic carbocycles. The van der Waals surface area contributed by atoms with Gasteiger partial charge in [-0.2, -0.15) is 8.42 Å². The Morgan fingerprint density at radius 2 is 1.58 bits per heavy atom. The van der Waals surface area contributed by atoms with Crippen molar-refractivity contribution in [2.24, 2.45) is 10.2 Å². The maximum atomic E-state index is 12.6. The van der Waals surface area contributed by atoms with Crippen molar-refractivity contribution in [1.29, 1.82) is 0 Å². The number of sulfone groups is 1. The summed E-state index contributed by atoms with van der Waals surface area (Å²) in [6, 6.07) is 9.48. The quantitative estimate of drug-likeness (QED) is 0.112. The van der Waals surface area contributed by atoms with E-state index in [1.54, 1.807) is 0 Å². The number of nitrogens with zero attached hydrogens (tertiary/aromatic N) is 2. The summed E-state index contributed by atoms with van der Waals surface area (Å²) in [6.45, 7) is -0.854. The van der Waals surface area contributed by atoms with Crippen molar-refractivity contribution < 1.29 is 103 Å². The van der Waals surface area contributed by atoms with Gasteiger partial charge in [0.25, 0.3) is 0 Å². The van der Waals surface area contributed by atoms with Crippen molar-refractivity contribution in [2.45, 2.75) is 9.79 Å². The van der Waals surface area contributed by atoms with E-state index in [-0.39, 0.29) is 91.8 Å². The molecule has 0 aliphatic rings. The largest absolute Gasteiger partial charge is 1.00 e. The maximum Gasteiger partial charge on any atom is 1.00 e. The second-order valence-corrected chi connectivity index (χ2v) is 11.3. The van der Waals surface area contributed by atoms with Crippen LogP contribution in [0.4, 0.5) is 17.1 Å². The van der Waals surface area contributed by atoms with Crippen molar-refractivity contribution in [2.75, 3.05) is 18.1 Å². The Balaban J connectivity index is 0.00000324. The van der Waals surface area contributed by atoms with E-state index in [1.807, 2.05) is 0 Å². The summed E-state index contributed by atoms with van der Waals surface area (Å²) in [4.78, 5) is -1.08. The van der Waals surface area contributed by atoms with Crippen LogP contribution in [0.5, 0.6) is 5.75 Å². The molecular formula is C18H15N3Na2O10S3. The van der Waals surface area contributed by atoms with Crippen LogP contribution in [-0.2, 0) is 34.5 Å². The first-order valence-corrected chi connectivity index (χ1v) is 13.5. The molecule has 0 aromatic heterocycles. The molecule has 18 heteroatoms. The third-order valence-electron chi connectivity index (χ3n) is 4.39. The zero-order chi connectivity index (χ0) is 25.3. The van der Waals surface area contributed by atoms with E-state index in [0.29, 0.717) is 6.07 Å². The third-order valence-corrected chi connectivity index (χ3v) is 7.39. The molecule has 13 nitrogen and oxygen atoms in total. The molecule has 0 spiro atoms. The van der Waals surface area contributed by atoms with Gasteiger partial charge in [0, 0.05) is 5.39 Å². The van der Waals surface area contributed by atoms with Gasteiger partial charge in [0.05, 0.1) is 27.8 Å². The van der Waals surface area contributed by atoms with Crippen LogP contribution < -0.4 is 70.0 Å². The summed E-state index contributed by atoms with van der Waals surface area (Å²) in [7, 11) is -13.9. The van der Waals surface area contributed by atoms with E-state index in [9.17, 15) is 34.9 Å². The topological polar surface area (TPSA) is 229 Å². The van der Waals surface area contributed by atoms with Gasteiger partial charge in [-0.15, -0.1) is 10.2 Å². The number of hydrogen-bond acceptors (Lipinski definition) is 12. The minimum atomic E-state index is -4.90. The first-order valence-electron chi connectivity index (χ1n) is 9.03. The molecule has 0 unspecified atom stereocenters. The molecular weight excluding hydrogens is 560 g/mol. The van der Waals surface area contributed by atoms with E-state index < -0.39 is 53.4 Å². The van der Waals surface area contributed by atoms with Gasteiger partial charge in [0.1, 0.15) is 21.5 Å². The van der Waals surface area contributed by atoms with Gasteiger partial charge in [0.2, 0.25) is 0 Å². The molecule has 0 radical (unpaired) electrons. The van der Waals surface area contributed by atoms with Crippen molar-refractivity contribution in [3.63, 3.8) is 0 Å². The van der Waals surface area contributed by atoms with Gasteiger partial charge in [-0.05, 0) is 29.7 Å². The standard InChI is InChI=1S/C18H17N3O10S3.2Na/c19-13-6-5-11-9-12(33(25,26)27)10-15(22)17(11)18(13)21-20-14-3-1-2-4-16(14)32(23,24)8-7-31-34(28,29)30;;/h1-6,9-10,22H,7-8,19H2,(H,25,26,27)(H,28,29,30);;/q;2*+1/p-2. The molecule has 0 aliphatic heterocycles. The van der Waals surface area contributed by atoms with Crippen LogP contribution in [-0.4, -0.2) is 46.7 Å². The summed E-state index contributed by atoms with van der Waals surface area (Å²) < 4.78 is 92.9. The molecule has 0 aliphatic carbocycles. The molecule has 0 atom stereocenters. The normalized spacial score (nSPS) is 12.3. The Kier molecular flexibility index (Phi) is 11.5. The van der Waals surface area contributed by atoms with Crippen LogP contribution in [0.2, 0.25) is 0 Å². The first kappa shape index (κ1) is 32.9. The summed E-state index contributed by atoms with van der Waals surface area (Å²) in [5, 5.41) is 20.2. The van der Waals surface area contributed by atoms with E-state index >= 15 is 0 Å². The Bertz CT molecular complexity index is 1630. The fraction of sp³-hybridized carbons (Fsp3) is 0.111. The SMILES string of the molecule is Nc1ccc2cc(S(=O)(=O)[O-])cc([O-])c2c1N=Nc1ccccc1S(=O)(=O)CCOS(=O)(=O)O.[Na+].[Na+]. The Labute approximate surface area is 251 Å². The molecule has 3 aromatic rings. The average Bonchev–Trinajstić information content (AvgIpc) is 2.71. The molecule has 0 fully saturated rings. The number of fused-ring (bicyclic) bond motifs is 1. The van der Waals surface area contributed by atoms with E-state index in [2.05, 4.69) is 14.4 Å². The number of rotatable bonds is 8. The second-order valence-electron chi connectivity index (χ2n) is 6.71. The summed E-state index contributed by atoms with van der Waals surface area (Å²) in [6.07, 6.45) is 0. The van der Waals surface area contributed by atoms with Crippen LogP contribution in [0.15, 0.2) is 68.6 Å². The van der Waals surface area contributed by atoms with Crippen LogP contribution in [0.25, 0.3) is 10.8 Å². The number of benzene rings is 3. The van der Waals surface area contributed by atoms with E-state index in [1.165, 1.54) is 36.4 Å². The van der Waals surface area contributed by atoms with Crippen molar-refractivity contribution >= 4 is 58.2 Å². The Hall–Kier alpha value is -1.15. The zero-order valence-corrected chi connectivity index (χ0v) is 25.3. The van der Waals surface area contributed by atoms with Crippen molar-refractivity contribution in [3.05, 3.63) is 48.5 Å². The van der Waals surface area contributed by atoms with Crippen molar-refractivity contribution in [3.8, 4) is 5.75 Å². The number of anilines is 1. The second kappa shape index (κ2) is 12.6. The monoisotopic (exact) mass is 575 g/mol. The minimum Gasteiger partial charge on any atom is -0.872 e. The minimum absolute atomic E-state index is 0. The van der Waals surface area contributed by atoms with Gasteiger partial charge < -0.3 is 15.4 Å². The molecule has 182 valence electrons. The summed E-state index contributed by atoms with van der Waals surface area (Å²) >= 11 is 0. The molecule has 0 saturated heterocycles. The van der Waals surface area contributed by atoms with Crippen molar-refractivity contribution in [1.82, 2.24) is 0 Å². The number of hydrogen-bond donors (Lipinski definition) is 2. The van der Waals surface area contributed by atoms with Crippen LogP contribution in [0.3, 0.4) is 0 Å². The van der Waals surface area contributed by atoms with Crippen LogP contribution in [0, 0.1) is 0 Å². The number of nitrogen functional groups attached to an aromatic ring is 1. The average molecular weight is 576 g/mol. The number of nitrogens with two attached hydrogens (primary N) is 1. The zero-order valence-electron chi connectivity index (χ0n) is 18.9. The molecule has 36 heavy (non-hydrogen) atoms. The number of azo groups is 1. The van der Waals surface area contributed by atoms with Crippen LogP contribution in [0.1, 0.15) is 0 Å². The molecule has 0 saturated carbocycles. The fourth-order valence-corrected chi connectivity index (χ4v) is 5.07. The molecule has 3 N–H and O–H groups in total. The predicted molar refractivity (Wildman–Crippen MR) is 116 cm³/mol. The first-order chi connectivity index (χ1) is 15.7. The smallest absolute Gasteiger partial charge is 0.872 e. The molecule has 0 heterocycles. The third kappa shape index (κ3) is 8.17. The van der Waals surface area contributed by atoms with E-state index in [0.717, 1.165) is 6.07 Å². The Morgan fingerprint density at radius 3 is 2.19 bits per heavy atom. The summed E-state index contributed by atoms with van der Waals surface area (Å²) in [5.74, 6) is -1.68. The molecule has 0 bridgehead atoms.